The lowest BCUT2D eigenvalue weighted by Gasteiger charge is -2.32. The van der Waals surface area contributed by atoms with Crippen LogP contribution in [0.4, 0.5) is 0 Å². The Balaban J connectivity index is 1.45. The molecule has 1 aliphatic heterocycles. The van der Waals surface area contributed by atoms with Crippen LogP contribution in [0.25, 0.3) is 0 Å². The molecule has 1 aliphatic rings. The number of hydrogen-bond acceptors (Lipinski definition) is 6. The van der Waals surface area contributed by atoms with Crippen LogP contribution in [-0.4, -0.2) is 60.3 Å². The van der Waals surface area contributed by atoms with Gasteiger partial charge in [-0.3, -0.25) is 14.4 Å². The molecule has 0 atom stereocenters. The van der Waals surface area contributed by atoms with Crippen molar-refractivity contribution in [1.82, 2.24) is 20.4 Å². The zero-order valence-electron chi connectivity index (χ0n) is 17.1. The summed E-state index contributed by atoms with van der Waals surface area (Å²) < 4.78 is 10.5. The number of hydrogen-bond donors (Lipinski definition) is 2. The molecule has 2 amide bonds. The minimum absolute atomic E-state index is 0.0267. The minimum Gasteiger partial charge on any atom is -0.493 e. The number of carbonyl (C=O) groups is 2. The predicted octanol–water partition coefficient (Wildman–Crippen LogP) is 1.14. The smallest absolute Gasteiger partial charge is 0.271 e. The second-order valence-electron chi connectivity index (χ2n) is 7.12. The van der Waals surface area contributed by atoms with Crippen molar-refractivity contribution in [3.8, 4) is 11.5 Å². The van der Waals surface area contributed by atoms with Gasteiger partial charge in [-0.2, -0.15) is 5.10 Å². The first-order chi connectivity index (χ1) is 14.5. The summed E-state index contributed by atoms with van der Waals surface area (Å²) in [5.74, 6) is 1.08. The highest BCUT2D eigenvalue weighted by molar-refractivity contribution is 5.92. The molecule has 160 valence electrons. The van der Waals surface area contributed by atoms with E-state index in [1.165, 1.54) is 12.1 Å². The fourth-order valence-corrected chi connectivity index (χ4v) is 3.45. The van der Waals surface area contributed by atoms with Crippen LogP contribution in [0.3, 0.4) is 0 Å². The van der Waals surface area contributed by atoms with Crippen LogP contribution in [0.5, 0.6) is 11.5 Å². The summed E-state index contributed by atoms with van der Waals surface area (Å²) in [5.41, 5.74) is 0.825. The van der Waals surface area contributed by atoms with E-state index >= 15 is 0 Å². The highest BCUT2D eigenvalue weighted by Gasteiger charge is 2.24. The van der Waals surface area contributed by atoms with Crippen molar-refractivity contribution in [2.45, 2.75) is 31.7 Å². The number of nitrogens with zero attached hydrogens (tertiary/aromatic N) is 2. The lowest BCUT2D eigenvalue weighted by molar-refractivity contribution is -0.132. The van der Waals surface area contributed by atoms with Gasteiger partial charge in [-0.1, -0.05) is 6.07 Å². The Morgan fingerprint density at radius 1 is 1.13 bits per heavy atom. The maximum absolute atomic E-state index is 12.6. The summed E-state index contributed by atoms with van der Waals surface area (Å²) in [6.45, 7) is 1.18. The van der Waals surface area contributed by atoms with Crippen LogP contribution in [-0.2, 0) is 11.2 Å². The van der Waals surface area contributed by atoms with E-state index in [0.717, 1.165) is 5.56 Å². The molecule has 9 heteroatoms. The van der Waals surface area contributed by atoms with Crippen molar-refractivity contribution >= 4 is 11.8 Å². The molecule has 0 unspecified atom stereocenters. The van der Waals surface area contributed by atoms with Gasteiger partial charge in [-0.15, -0.1) is 0 Å². The standard InChI is InChI=1S/C21H26N4O5/c1-29-17-6-3-14(13-18(17)30-2)4-8-20(27)25-11-9-15(10-12-25)22-21(28)16-5-7-19(26)24-23-16/h3,5-7,13,15H,4,8-12H2,1-2H3,(H,22,28)(H,24,26). The van der Waals surface area contributed by atoms with Crippen molar-refractivity contribution in [3.63, 3.8) is 0 Å². The van der Waals surface area contributed by atoms with Crippen LogP contribution in [0.15, 0.2) is 35.1 Å². The number of rotatable bonds is 7. The molecule has 1 fully saturated rings. The summed E-state index contributed by atoms with van der Waals surface area (Å²) >= 11 is 0. The highest BCUT2D eigenvalue weighted by Crippen LogP contribution is 2.28. The number of likely N-dealkylation sites (tertiary alicyclic amines) is 1. The first-order valence-corrected chi connectivity index (χ1v) is 9.85. The van der Waals surface area contributed by atoms with Gasteiger partial charge in [0.1, 0.15) is 5.69 Å². The number of H-pyrrole nitrogens is 1. The van der Waals surface area contributed by atoms with E-state index in [9.17, 15) is 14.4 Å². The third-order valence-electron chi connectivity index (χ3n) is 5.17. The van der Waals surface area contributed by atoms with Crippen molar-refractivity contribution in [3.05, 3.63) is 51.9 Å². The van der Waals surface area contributed by atoms with E-state index in [2.05, 4.69) is 15.5 Å². The van der Waals surface area contributed by atoms with Gasteiger partial charge in [0.15, 0.2) is 11.5 Å². The topological polar surface area (TPSA) is 114 Å². The van der Waals surface area contributed by atoms with Crippen molar-refractivity contribution in [1.29, 1.82) is 0 Å². The molecule has 0 spiro atoms. The van der Waals surface area contributed by atoms with E-state index < -0.39 is 0 Å². The molecular weight excluding hydrogens is 388 g/mol. The zero-order valence-corrected chi connectivity index (χ0v) is 17.1. The summed E-state index contributed by atoms with van der Waals surface area (Å²) in [5, 5.41) is 8.89. The average molecular weight is 414 g/mol. The second kappa shape index (κ2) is 9.91. The van der Waals surface area contributed by atoms with Crippen LogP contribution < -0.4 is 20.3 Å². The molecule has 3 rings (SSSR count). The number of amides is 2. The summed E-state index contributed by atoms with van der Waals surface area (Å²) in [7, 11) is 3.17. The Morgan fingerprint density at radius 3 is 2.50 bits per heavy atom. The first-order valence-electron chi connectivity index (χ1n) is 9.85. The number of methoxy groups -OCH3 is 2. The summed E-state index contributed by atoms with van der Waals surface area (Å²) in [6, 6.07) is 8.29. The Kier molecular flexibility index (Phi) is 7.05. The Hall–Kier alpha value is -3.36. The minimum atomic E-state index is -0.355. The molecule has 1 aromatic heterocycles. The Bertz CT molecular complexity index is 930. The SMILES string of the molecule is COc1ccc(CCC(=O)N2CCC(NC(=O)c3ccc(=O)[nH]n3)CC2)cc1OC. The molecule has 2 heterocycles. The molecule has 0 saturated carbocycles. The van der Waals surface area contributed by atoms with Crippen LogP contribution in [0.1, 0.15) is 35.3 Å². The summed E-state index contributed by atoms with van der Waals surface area (Å²) in [4.78, 5) is 37.6. The van der Waals surface area contributed by atoms with Crippen molar-refractivity contribution in [2.75, 3.05) is 27.3 Å². The van der Waals surface area contributed by atoms with Gasteiger partial charge in [0, 0.05) is 31.6 Å². The van der Waals surface area contributed by atoms with Gasteiger partial charge in [0.05, 0.1) is 14.2 Å². The molecule has 0 radical (unpaired) electrons. The molecule has 2 aromatic rings. The molecule has 2 N–H and O–H groups in total. The van der Waals surface area contributed by atoms with Gasteiger partial charge < -0.3 is 19.7 Å². The third-order valence-corrected chi connectivity index (χ3v) is 5.17. The van der Waals surface area contributed by atoms with E-state index in [-0.39, 0.29) is 29.1 Å². The highest BCUT2D eigenvalue weighted by atomic mass is 16.5. The predicted molar refractivity (Wildman–Crippen MR) is 110 cm³/mol. The van der Waals surface area contributed by atoms with Crippen molar-refractivity contribution < 1.29 is 19.1 Å². The number of ether oxygens (including phenoxy) is 2. The number of aryl methyl sites for hydroxylation is 1. The quantitative estimate of drug-likeness (QED) is 0.702. The Morgan fingerprint density at radius 2 is 1.87 bits per heavy atom. The van der Waals surface area contributed by atoms with E-state index in [4.69, 9.17) is 9.47 Å². The van der Waals surface area contributed by atoms with E-state index in [1.54, 1.807) is 14.2 Å². The van der Waals surface area contributed by atoms with Gasteiger partial charge in [0.25, 0.3) is 11.5 Å². The van der Waals surface area contributed by atoms with Gasteiger partial charge in [-0.05, 0) is 43.0 Å². The van der Waals surface area contributed by atoms with Crippen LogP contribution in [0, 0.1) is 0 Å². The molecule has 1 saturated heterocycles. The lowest BCUT2D eigenvalue weighted by atomic mass is 10.0. The number of piperidine rings is 1. The van der Waals surface area contributed by atoms with Gasteiger partial charge in [-0.25, -0.2) is 5.10 Å². The zero-order chi connectivity index (χ0) is 21.5. The number of carbonyl (C=O) groups excluding carboxylic acids is 2. The number of aromatic amines is 1. The van der Waals surface area contributed by atoms with Gasteiger partial charge >= 0.3 is 0 Å². The average Bonchev–Trinajstić information content (AvgIpc) is 2.78. The van der Waals surface area contributed by atoms with Crippen molar-refractivity contribution in [2.24, 2.45) is 0 Å². The maximum Gasteiger partial charge on any atom is 0.271 e. The molecule has 30 heavy (non-hydrogen) atoms. The molecule has 0 aliphatic carbocycles. The van der Waals surface area contributed by atoms with Crippen LogP contribution >= 0.6 is 0 Å². The first kappa shape index (κ1) is 21.4. The largest absolute Gasteiger partial charge is 0.493 e. The molecule has 9 nitrogen and oxygen atoms in total. The van der Waals surface area contributed by atoms with Gasteiger partial charge in [0.2, 0.25) is 5.91 Å². The molecular formula is C21H26N4O5. The monoisotopic (exact) mass is 414 g/mol. The van der Waals surface area contributed by atoms with Crippen LogP contribution in [0.2, 0.25) is 0 Å². The third kappa shape index (κ3) is 5.37. The maximum atomic E-state index is 12.6. The number of nitrogens with one attached hydrogen (secondary N) is 2. The normalized spacial score (nSPS) is 14.3. The summed E-state index contributed by atoms with van der Waals surface area (Å²) in [6.07, 6.45) is 2.38. The fraction of sp³-hybridized carbons (Fsp3) is 0.429. The fourth-order valence-electron chi connectivity index (χ4n) is 3.45. The second-order valence-corrected chi connectivity index (χ2v) is 7.12. The molecule has 1 aromatic carbocycles. The van der Waals surface area contributed by atoms with E-state index in [0.29, 0.717) is 50.3 Å². The number of aromatic nitrogens is 2. The lowest BCUT2D eigenvalue weighted by Crippen LogP contribution is -2.46. The molecule has 0 bridgehead atoms. The van der Waals surface area contributed by atoms with E-state index in [1.807, 2.05) is 23.1 Å². The number of benzene rings is 1. The Labute approximate surface area is 174 Å².